The zero-order valence-electron chi connectivity index (χ0n) is 16.5. The molecule has 1 atom stereocenters. The van der Waals surface area contributed by atoms with Gasteiger partial charge in [-0.2, -0.15) is 0 Å². The van der Waals surface area contributed by atoms with E-state index in [2.05, 4.69) is 15.6 Å². The Balaban J connectivity index is 1.57. The van der Waals surface area contributed by atoms with E-state index in [9.17, 15) is 9.59 Å². The molecular formula is C21H23Cl2N5O2. The molecule has 30 heavy (non-hydrogen) atoms. The lowest BCUT2D eigenvalue weighted by Crippen LogP contribution is -2.49. The number of benzene rings is 2. The SMILES string of the molecule is CC(NC(N)=NCc1ccc(C(=O)N2CCNC(=O)C2)cc1)c1ccc(Cl)cc1Cl. The maximum absolute atomic E-state index is 12.5. The lowest BCUT2D eigenvalue weighted by molar-refractivity contribution is -0.123. The van der Waals surface area contributed by atoms with Crippen molar-refractivity contribution in [1.82, 2.24) is 15.5 Å². The van der Waals surface area contributed by atoms with E-state index in [0.717, 1.165) is 11.1 Å². The van der Waals surface area contributed by atoms with Gasteiger partial charge in [-0.25, -0.2) is 4.99 Å². The number of hydrogen-bond acceptors (Lipinski definition) is 3. The Kier molecular flexibility index (Phi) is 7.18. The highest BCUT2D eigenvalue weighted by Gasteiger charge is 2.22. The summed E-state index contributed by atoms with van der Waals surface area (Å²) in [6.07, 6.45) is 0. The number of halogens is 2. The third-order valence-corrected chi connectivity index (χ3v) is 5.31. The number of nitrogens with one attached hydrogen (secondary N) is 2. The molecule has 1 fully saturated rings. The molecule has 1 aliphatic rings. The quantitative estimate of drug-likeness (QED) is 0.484. The van der Waals surface area contributed by atoms with Crippen LogP contribution in [0.25, 0.3) is 0 Å². The second kappa shape index (κ2) is 9.82. The number of nitrogens with zero attached hydrogens (tertiary/aromatic N) is 2. The van der Waals surface area contributed by atoms with E-state index in [-0.39, 0.29) is 30.4 Å². The monoisotopic (exact) mass is 447 g/mol. The highest BCUT2D eigenvalue weighted by molar-refractivity contribution is 6.35. The standard InChI is InChI=1S/C21H23Cl2N5O2/c1-13(17-7-6-16(22)10-18(17)23)27-21(24)26-11-14-2-4-15(5-3-14)20(30)28-9-8-25-19(29)12-28/h2-7,10,13H,8-9,11-12H2,1H3,(H,25,29)(H3,24,26,27). The highest BCUT2D eigenvalue weighted by Crippen LogP contribution is 2.25. The van der Waals surface area contributed by atoms with Gasteiger partial charge in [0, 0.05) is 28.7 Å². The molecule has 2 aromatic rings. The number of aliphatic imine (C=N–C) groups is 1. The van der Waals surface area contributed by atoms with E-state index in [4.69, 9.17) is 28.9 Å². The number of hydrogen-bond donors (Lipinski definition) is 3. The summed E-state index contributed by atoms with van der Waals surface area (Å²) in [6, 6.07) is 12.3. The first kappa shape index (κ1) is 21.9. The van der Waals surface area contributed by atoms with E-state index in [1.807, 2.05) is 25.1 Å². The van der Waals surface area contributed by atoms with E-state index in [1.54, 1.807) is 24.3 Å². The topological polar surface area (TPSA) is 99.8 Å². The third kappa shape index (κ3) is 5.64. The molecule has 7 nitrogen and oxygen atoms in total. The van der Waals surface area contributed by atoms with Crippen molar-refractivity contribution < 1.29 is 9.59 Å². The maximum atomic E-state index is 12.5. The first-order valence-corrected chi connectivity index (χ1v) is 10.3. The molecule has 0 aliphatic carbocycles. The summed E-state index contributed by atoms with van der Waals surface area (Å²) in [7, 11) is 0. The van der Waals surface area contributed by atoms with Crippen LogP contribution in [0.1, 0.15) is 34.5 Å². The van der Waals surface area contributed by atoms with Crippen LogP contribution < -0.4 is 16.4 Å². The maximum Gasteiger partial charge on any atom is 0.254 e. The molecule has 1 aliphatic heterocycles. The van der Waals surface area contributed by atoms with Crippen LogP contribution in [0, 0.1) is 0 Å². The van der Waals surface area contributed by atoms with Crippen LogP contribution in [-0.2, 0) is 11.3 Å². The summed E-state index contributed by atoms with van der Waals surface area (Å²) in [5, 5.41) is 6.94. The number of piperazine rings is 1. The number of carbonyl (C=O) groups excluding carboxylic acids is 2. The molecule has 2 aromatic carbocycles. The lowest BCUT2D eigenvalue weighted by atomic mass is 10.1. The Hall–Kier alpha value is -2.77. The van der Waals surface area contributed by atoms with Gasteiger partial charge in [0.1, 0.15) is 0 Å². The molecule has 1 saturated heterocycles. The van der Waals surface area contributed by atoms with Crippen LogP contribution in [-0.4, -0.2) is 42.3 Å². The molecule has 1 unspecified atom stereocenters. The van der Waals surface area contributed by atoms with Crippen LogP contribution in [0.15, 0.2) is 47.5 Å². The Bertz CT molecular complexity index is 962. The first-order valence-electron chi connectivity index (χ1n) is 9.50. The summed E-state index contributed by atoms with van der Waals surface area (Å²) in [4.78, 5) is 29.8. The molecule has 1 heterocycles. The van der Waals surface area contributed by atoms with Crippen molar-refractivity contribution in [3.63, 3.8) is 0 Å². The van der Waals surface area contributed by atoms with Crippen LogP contribution in [0.4, 0.5) is 0 Å². The number of rotatable bonds is 5. The fourth-order valence-electron chi connectivity index (χ4n) is 3.12. The molecule has 2 amide bonds. The van der Waals surface area contributed by atoms with E-state index in [0.29, 0.717) is 35.2 Å². The largest absolute Gasteiger partial charge is 0.370 e. The Morgan fingerprint density at radius 1 is 1.27 bits per heavy atom. The summed E-state index contributed by atoms with van der Waals surface area (Å²) in [5.74, 6) is -0.0135. The molecular weight excluding hydrogens is 425 g/mol. The summed E-state index contributed by atoms with van der Waals surface area (Å²) in [6.45, 7) is 3.36. The van der Waals surface area contributed by atoms with Gasteiger partial charge in [-0.05, 0) is 42.3 Å². The predicted octanol–water partition coefficient (Wildman–Crippen LogP) is 2.73. The highest BCUT2D eigenvalue weighted by atomic mass is 35.5. The molecule has 0 radical (unpaired) electrons. The van der Waals surface area contributed by atoms with E-state index >= 15 is 0 Å². The number of amides is 2. The van der Waals surface area contributed by atoms with Crippen molar-refractivity contribution in [2.24, 2.45) is 10.7 Å². The van der Waals surface area contributed by atoms with Gasteiger partial charge in [0.2, 0.25) is 5.91 Å². The van der Waals surface area contributed by atoms with Gasteiger partial charge in [0.25, 0.3) is 5.91 Å². The van der Waals surface area contributed by atoms with Gasteiger partial charge in [-0.15, -0.1) is 0 Å². The Morgan fingerprint density at radius 2 is 2.00 bits per heavy atom. The summed E-state index contributed by atoms with van der Waals surface area (Å²) >= 11 is 12.2. The molecule has 9 heteroatoms. The van der Waals surface area contributed by atoms with Crippen LogP contribution >= 0.6 is 23.2 Å². The minimum Gasteiger partial charge on any atom is -0.370 e. The molecule has 0 saturated carbocycles. The fraction of sp³-hybridized carbons (Fsp3) is 0.286. The normalized spacial score (nSPS) is 15.5. The molecule has 4 N–H and O–H groups in total. The zero-order chi connectivity index (χ0) is 21.7. The van der Waals surface area contributed by atoms with Crippen molar-refractivity contribution in [2.45, 2.75) is 19.5 Å². The summed E-state index contributed by atoms with van der Waals surface area (Å²) in [5.41, 5.74) is 8.31. The number of guanidine groups is 1. The Labute approximate surface area is 185 Å². The van der Waals surface area contributed by atoms with Gasteiger partial charge in [-0.3, -0.25) is 9.59 Å². The second-order valence-electron chi connectivity index (χ2n) is 7.01. The lowest BCUT2D eigenvalue weighted by Gasteiger charge is -2.26. The van der Waals surface area contributed by atoms with Gasteiger partial charge >= 0.3 is 0 Å². The minimum absolute atomic E-state index is 0.0862. The van der Waals surface area contributed by atoms with Crippen LogP contribution in [0.3, 0.4) is 0 Å². The smallest absolute Gasteiger partial charge is 0.254 e. The Morgan fingerprint density at radius 3 is 2.67 bits per heavy atom. The molecule has 158 valence electrons. The first-order chi connectivity index (χ1) is 14.3. The number of carbonyl (C=O) groups is 2. The van der Waals surface area contributed by atoms with Gasteiger partial charge in [0.05, 0.1) is 19.1 Å². The van der Waals surface area contributed by atoms with Crippen molar-refractivity contribution in [3.05, 3.63) is 69.2 Å². The summed E-state index contributed by atoms with van der Waals surface area (Å²) < 4.78 is 0. The number of nitrogens with two attached hydrogens (primary N) is 1. The second-order valence-corrected chi connectivity index (χ2v) is 7.85. The van der Waals surface area contributed by atoms with Gasteiger partial charge in [0.15, 0.2) is 5.96 Å². The minimum atomic E-state index is -0.158. The van der Waals surface area contributed by atoms with Crippen molar-refractivity contribution in [1.29, 1.82) is 0 Å². The molecule has 0 aromatic heterocycles. The average Bonchev–Trinajstić information content (AvgIpc) is 2.72. The van der Waals surface area contributed by atoms with Crippen molar-refractivity contribution in [2.75, 3.05) is 19.6 Å². The van der Waals surface area contributed by atoms with Crippen LogP contribution in [0.5, 0.6) is 0 Å². The predicted molar refractivity (Wildman–Crippen MR) is 119 cm³/mol. The van der Waals surface area contributed by atoms with E-state index < -0.39 is 0 Å². The van der Waals surface area contributed by atoms with Crippen LogP contribution in [0.2, 0.25) is 10.0 Å². The van der Waals surface area contributed by atoms with Gasteiger partial charge in [-0.1, -0.05) is 41.4 Å². The fourth-order valence-corrected chi connectivity index (χ4v) is 3.69. The average molecular weight is 448 g/mol. The third-order valence-electron chi connectivity index (χ3n) is 4.75. The zero-order valence-corrected chi connectivity index (χ0v) is 18.0. The molecule has 0 bridgehead atoms. The molecule has 0 spiro atoms. The van der Waals surface area contributed by atoms with E-state index in [1.165, 1.54) is 4.90 Å². The van der Waals surface area contributed by atoms with Crippen molar-refractivity contribution >= 4 is 41.0 Å². The molecule has 3 rings (SSSR count). The van der Waals surface area contributed by atoms with Gasteiger partial charge < -0.3 is 21.3 Å². The van der Waals surface area contributed by atoms with Crippen molar-refractivity contribution in [3.8, 4) is 0 Å².